The molecule has 2 rings (SSSR count). The van der Waals surface area contributed by atoms with E-state index in [9.17, 15) is 9.59 Å². The Morgan fingerprint density at radius 3 is 2.36 bits per heavy atom. The van der Waals surface area contributed by atoms with Crippen LogP contribution in [0.4, 0.5) is 0 Å². The minimum absolute atomic E-state index is 0.0356. The molecule has 1 saturated carbocycles. The lowest BCUT2D eigenvalue weighted by Gasteiger charge is -2.27. The lowest BCUT2D eigenvalue weighted by molar-refractivity contribution is -0.130. The fraction of sp³-hybridized carbons (Fsp3) is 0.600. The first kappa shape index (κ1) is 19.3. The van der Waals surface area contributed by atoms with Gasteiger partial charge in [0.1, 0.15) is 5.75 Å². The molecule has 0 heterocycles. The molecule has 1 fully saturated rings. The average Bonchev–Trinajstić information content (AvgIpc) is 2.61. The van der Waals surface area contributed by atoms with E-state index in [1.54, 1.807) is 7.11 Å². The van der Waals surface area contributed by atoms with Crippen molar-refractivity contribution < 1.29 is 14.3 Å². The Morgan fingerprint density at radius 1 is 1.12 bits per heavy atom. The van der Waals surface area contributed by atoms with Gasteiger partial charge in [-0.25, -0.2) is 0 Å². The Balaban J connectivity index is 1.71. The van der Waals surface area contributed by atoms with Crippen LogP contribution < -0.4 is 15.4 Å². The van der Waals surface area contributed by atoms with Gasteiger partial charge in [0.25, 0.3) is 0 Å². The molecule has 0 bridgehead atoms. The van der Waals surface area contributed by atoms with Crippen LogP contribution in [0.25, 0.3) is 0 Å². The first-order valence-electron chi connectivity index (χ1n) is 9.20. The molecule has 1 aliphatic rings. The number of carbonyl (C=O) groups is 2. The number of ether oxygens (including phenoxy) is 1. The summed E-state index contributed by atoms with van der Waals surface area (Å²) in [4.78, 5) is 24.4. The number of amides is 2. The van der Waals surface area contributed by atoms with Crippen LogP contribution in [0.1, 0.15) is 45.1 Å². The summed E-state index contributed by atoms with van der Waals surface area (Å²) < 4.78 is 5.21. The third-order valence-electron chi connectivity index (χ3n) is 4.75. The third-order valence-corrected chi connectivity index (χ3v) is 4.75. The zero-order valence-electron chi connectivity index (χ0n) is 15.5. The molecule has 2 amide bonds. The number of methoxy groups -OCH3 is 1. The van der Waals surface area contributed by atoms with Crippen molar-refractivity contribution in [1.82, 2.24) is 10.6 Å². The summed E-state index contributed by atoms with van der Waals surface area (Å²) in [6.07, 6.45) is 3.97. The molecule has 0 radical (unpaired) electrons. The van der Waals surface area contributed by atoms with E-state index in [1.165, 1.54) is 0 Å². The minimum Gasteiger partial charge on any atom is -0.497 e. The van der Waals surface area contributed by atoms with Crippen LogP contribution >= 0.6 is 0 Å². The molecule has 1 aliphatic carbocycles. The molecular weight excluding hydrogens is 316 g/mol. The van der Waals surface area contributed by atoms with Crippen molar-refractivity contribution in [3.63, 3.8) is 0 Å². The van der Waals surface area contributed by atoms with E-state index >= 15 is 0 Å². The van der Waals surface area contributed by atoms with E-state index in [4.69, 9.17) is 4.74 Å². The molecule has 0 unspecified atom stereocenters. The van der Waals surface area contributed by atoms with E-state index in [-0.39, 0.29) is 29.7 Å². The highest BCUT2D eigenvalue weighted by Gasteiger charge is 2.29. The van der Waals surface area contributed by atoms with Gasteiger partial charge in [-0.1, -0.05) is 12.1 Å². The second-order valence-corrected chi connectivity index (χ2v) is 7.10. The highest BCUT2D eigenvalue weighted by Crippen LogP contribution is 2.29. The summed E-state index contributed by atoms with van der Waals surface area (Å²) >= 11 is 0. The topological polar surface area (TPSA) is 67.4 Å². The van der Waals surface area contributed by atoms with E-state index < -0.39 is 0 Å². The van der Waals surface area contributed by atoms with Gasteiger partial charge in [-0.15, -0.1) is 0 Å². The predicted octanol–water partition coefficient (Wildman–Crippen LogP) is 2.68. The van der Waals surface area contributed by atoms with Crippen LogP contribution in [0.5, 0.6) is 5.75 Å². The van der Waals surface area contributed by atoms with Gasteiger partial charge in [0, 0.05) is 24.4 Å². The van der Waals surface area contributed by atoms with Crippen LogP contribution in [-0.2, 0) is 16.0 Å². The summed E-state index contributed by atoms with van der Waals surface area (Å²) in [5.74, 6) is 1.18. The second-order valence-electron chi connectivity index (χ2n) is 7.10. The van der Waals surface area contributed by atoms with E-state index in [2.05, 4.69) is 10.6 Å². The Labute approximate surface area is 150 Å². The Morgan fingerprint density at radius 2 is 1.76 bits per heavy atom. The van der Waals surface area contributed by atoms with Gasteiger partial charge >= 0.3 is 0 Å². The number of carbonyl (C=O) groups excluding carboxylic acids is 2. The summed E-state index contributed by atoms with van der Waals surface area (Å²) in [7, 11) is 1.65. The molecule has 138 valence electrons. The first-order valence-corrected chi connectivity index (χ1v) is 9.20. The van der Waals surface area contributed by atoms with Crippen molar-refractivity contribution in [2.45, 2.75) is 52.0 Å². The second kappa shape index (κ2) is 9.44. The third kappa shape index (κ3) is 6.07. The van der Waals surface area contributed by atoms with Crippen LogP contribution in [0, 0.1) is 11.8 Å². The molecule has 25 heavy (non-hydrogen) atoms. The molecule has 0 aromatic heterocycles. The zero-order chi connectivity index (χ0) is 18.2. The van der Waals surface area contributed by atoms with Crippen LogP contribution in [0.15, 0.2) is 24.3 Å². The molecule has 1 aromatic carbocycles. The number of nitrogens with one attached hydrogen (secondary N) is 2. The normalized spacial score (nSPS) is 20.2. The molecule has 1 aromatic rings. The van der Waals surface area contributed by atoms with E-state index in [0.29, 0.717) is 6.54 Å². The number of hydrogen-bond acceptors (Lipinski definition) is 3. The summed E-state index contributed by atoms with van der Waals surface area (Å²) in [6.45, 7) is 4.57. The highest BCUT2D eigenvalue weighted by atomic mass is 16.5. The smallest absolute Gasteiger partial charge is 0.223 e. The van der Waals surface area contributed by atoms with Gasteiger partial charge in [-0.05, 0) is 63.6 Å². The molecule has 0 spiro atoms. The molecule has 5 heteroatoms. The summed E-state index contributed by atoms with van der Waals surface area (Å²) in [5, 5.41) is 6.00. The van der Waals surface area contributed by atoms with Crippen molar-refractivity contribution >= 4 is 11.8 Å². The molecule has 2 N–H and O–H groups in total. The van der Waals surface area contributed by atoms with Gasteiger partial charge in [0.2, 0.25) is 11.8 Å². The Bertz CT molecular complexity index is 578. The van der Waals surface area contributed by atoms with Crippen molar-refractivity contribution in [3.05, 3.63) is 29.8 Å². The van der Waals surface area contributed by atoms with Gasteiger partial charge in [-0.2, -0.15) is 0 Å². The zero-order valence-corrected chi connectivity index (χ0v) is 15.5. The summed E-state index contributed by atoms with van der Waals surface area (Å²) in [5.41, 5.74) is 1.15. The Hall–Kier alpha value is -2.04. The van der Waals surface area contributed by atoms with Crippen molar-refractivity contribution in [2.75, 3.05) is 13.7 Å². The maximum Gasteiger partial charge on any atom is 0.223 e. The SMILES string of the molecule is COc1cccc(CCNC(=O)C2CCC(C(=O)NC(C)C)CC2)c1. The number of hydrogen-bond donors (Lipinski definition) is 2. The quantitative estimate of drug-likeness (QED) is 0.798. The van der Waals surface area contributed by atoms with Gasteiger partial charge in [0.05, 0.1) is 7.11 Å². The maximum atomic E-state index is 12.3. The molecule has 0 aliphatic heterocycles. The van der Waals surface area contributed by atoms with Gasteiger partial charge in [-0.3, -0.25) is 9.59 Å². The van der Waals surface area contributed by atoms with Gasteiger partial charge < -0.3 is 15.4 Å². The molecule has 0 atom stereocenters. The standard InChI is InChI=1S/C20H30N2O3/c1-14(2)22-20(24)17-9-7-16(8-10-17)19(23)21-12-11-15-5-4-6-18(13-15)25-3/h4-6,13-14,16-17H,7-12H2,1-3H3,(H,21,23)(H,22,24). The minimum atomic E-state index is 0.0356. The summed E-state index contributed by atoms with van der Waals surface area (Å²) in [6, 6.07) is 8.07. The average molecular weight is 346 g/mol. The predicted molar refractivity (Wildman–Crippen MR) is 98.4 cm³/mol. The molecule has 5 nitrogen and oxygen atoms in total. The van der Waals surface area contributed by atoms with E-state index in [0.717, 1.165) is 43.4 Å². The molecule has 0 saturated heterocycles. The fourth-order valence-corrected chi connectivity index (χ4v) is 3.32. The number of benzene rings is 1. The van der Waals surface area contributed by atoms with Crippen molar-refractivity contribution in [2.24, 2.45) is 11.8 Å². The fourth-order valence-electron chi connectivity index (χ4n) is 3.32. The van der Waals surface area contributed by atoms with Crippen molar-refractivity contribution in [3.8, 4) is 5.75 Å². The largest absolute Gasteiger partial charge is 0.497 e. The van der Waals surface area contributed by atoms with Crippen LogP contribution in [-0.4, -0.2) is 31.5 Å². The van der Waals surface area contributed by atoms with Crippen molar-refractivity contribution in [1.29, 1.82) is 0 Å². The number of rotatable bonds is 7. The monoisotopic (exact) mass is 346 g/mol. The van der Waals surface area contributed by atoms with Crippen LogP contribution in [0.3, 0.4) is 0 Å². The van der Waals surface area contributed by atoms with Crippen LogP contribution in [0.2, 0.25) is 0 Å². The molecular formula is C20H30N2O3. The maximum absolute atomic E-state index is 12.3. The van der Waals surface area contributed by atoms with Gasteiger partial charge in [0.15, 0.2) is 0 Å². The lowest BCUT2D eigenvalue weighted by Crippen LogP contribution is -2.39. The highest BCUT2D eigenvalue weighted by molar-refractivity contribution is 5.81. The Kier molecular flexibility index (Phi) is 7.29. The van der Waals surface area contributed by atoms with E-state index in [1.807, 2.05) is 38.1 Å². The lowest BCUT2D eigenvalue weighted by atomic mass is 9.81. The first-order chi connectivity index (χ1) is 12.0.